The normalized spacial score (nSPS) is 33.5. The van der Waals surface area contributed by atoms with Gasteiger partial charge >= 0.3 is 12.0 Å². The quantitative estimate of drug-likeness (QED) is 0.630. The zero-order valence-corrected chi connectivity index (χ0v) is 8.80. The average Bonchev–Trinajstić information content (AvgIpc) is 2.73. The standard InChI is InChI=1S/C10H16N2O3/c1-9(4-2-3-5-9)10(7(13)14)6-11-8(15)12-10/h2-6H2,1H3,(H,13,14)(H2,11,12,15). The van der Waals surface area contributed by atoms with Gasteiger partial charge in [0, 0.05) is 5.41 Å². The molecular formula is C10H16N2O3. The molecule has 1 aliphatic carbocycles. The van der Waals surface area contributed by atoms with E-state index >= 15 is 0 Å². The van der Waals surface area contributed by atoms with Crippen molar-refractivity contribution in [1.82, 2.24) is 10.6 Å². The number of aliphatic carboxylic acids is 1. The molecule has 84 valence electrons. The van der Waals surface area contributed by atoms with Crippen LogP contribution in [-0.2, 0) is 4.79 Å². The van der Waals surface area contributed by atoms with Crippen molar-refractivity contribution in [1.29, 1.82) is 0 Å². The molecule has 2 amide bonds. The van der Waals surface area contributed by atoms with E-state index in [1.165, 1.54) is 0 Å². The predicted octanol–water partition coefficient (Wildman–Crippen LogP) is 0.703. The molecule has 1 saturated carbocycles. The van der Waals surface area contributed by atoms with Crippen LogP contribution in [0.4, 0.5) is 4.79 Å². The van der Waals surface area contributed by atoms with Crippen molar-refractivity contribution >= 4 is 12.0 Å². The molecule has 1 unspecified atom stereocenters. The van der Waals surface area contributed by atoms with Gasteiger partial charge in [-0.15, -0.1) is 0 Å². The van der Waals surface area contributed by atoms with Crippen LogP contribution in [0.2, 0.25) is 0 Å². The third kappa shape index (κ3) is 1.29. The SMILES string of the molecule is CC1(C2(C(=O)O)CNC(=O)N2)CCCC1. The Bertz CT molecular complexity index is 310. The Labute approximate surface area is 88.2 Å². The van der Waals surface area contributed by atoms with Gasteiger partial charge in [0.1, 0.15) is 0 Å². The number of carboxylic acid groups (broad SMARTS) is 1. The number of urea groups is 1. The molecular weight excluding hydrogens is 196 g/mol. The van der Waals surface area contributed by atoms with Gasteiger partial charge in [0.05, 0.1) is 6.54 Å². The Hall–Kier alpha value is -1.26. The molecule has 3 N–H and O–H groups in total. The van der Waals surface area contributed by atoms with Gasteiger partial charge in [-0.3, -0.25) is 0 Å². The molecule has 2 aliphatic rings. The van der Waals surface area contributed by atoms with E-state index in [9.17, 15) is 14.7 Å². The number of carbonyl (C=O) groups is 2. The summed E-state index contributed by atoms with van der Waals surface area (Å²) >= 11 is 0. The minimum Gasteiger partial charge on any atom is -0.479 e. The lowest BCUT2D eigenvalue weighted by atomic mass is 9.69. The molecule has 5 heteroatoms. The van der Waals surface area contributed by atoms with E-state index in [1.54, 1.807) is 0 Å². The first-order valence-corrected chi connectivity index (χ1v) is 5.30. The molecule has 0 aromatic carbocycles. The first-order valence-electron chi connectivity index (χ1n) is 5.30. The van der Waals surface area contributed by atoms with Crippen LogP contribution in [0.1, 0.15) is 32.6 Å². The van der Waals surface area contributed by atoms with Crippen molar-refractivity contribution in [3.05, 3.63) is 0 Å². The smallest absolute Gasteiger partial charge is 0.331 e. The summed E-state index contributed by atoms with van der Waals surface area (Å²) < 4.78 is 0. The zero-order chi connectivity index (χ0) is 11.1. The fraction of sp³-hybridized carbons (Fsp3) is 0.800. The first kappa shape index (κ1) is 10.3. The van der Waals surface area contributed by atoms with Crippen LogP contribution in [0.5, 0.6) is 0 Å². The van der Waals surface area contributed by atoms with E-state index in [1.807, 2.05) is 6.92 Å². The highest BCUT2D eigenvalue weighted by Gasteiger charge is 2.58. The Balaban J connectivity index is 2.34. The fourth-order valence-corrected chi connectivity index (χ4v) is 2.83. The third-order valence-corrected chi connectivity index (χ3v) is 3.94. The molecule has 0 spiro atoms. The van der Waals surface area contributed by atoms with Crippen molar-refractivity contribution in [2.24, 2.45) is 5.41 Å². The second-order valence-electron chi connectivity index (χ2n) is 4.79. The van der Waals surface area contributed by atoms with Crippen LogP contribution in [0.3, 0.4) is 0 Å². The molecule has 1 heterocycles. The van der Waals surface area contributed by atoms with Gasteiger partial charge in [-0.05, 0) is 12.8 Å². The number of rotatable bonds is 2. The van der Waals surface area contributed by atoms with Gasteiger partial charge in [0.25, 0.3) is 0 Å². The van der Waals surface area contributed by atoms with Crippen LogP contribution >= 0.6 is 0 Å². The summed E-state index contributed by atoms with van der Waals surface area (Å²) in [6.45, 7) is 2.15. The van der Waals surface area contributed by atoms with Crippen LogP contribution in [-0.4, -0.2) is 29.2 Å². The van der Waals surface area contributed by atoms with Crippen LogP contribution in [0, 0.1) is 5.41 Å². The van der Waals surface area contributed by atoms with Crippen molar-refractivity contribution in [2.45, 2.75) is 38.1 Å². The number of hydrogen-bond acceptors (Lipinski definition) is 2. The summed E-state index contributed by atoms with van der Waals surface area (Å²) in [5.74, 6) is -0.926. The van der Waals surface area contributed by atoms with E-state index in [0.717, 1.165) is 25.7 Å². The van der Waals surface area contributed by atoms with Gasteiger partial charge in [-0.1, -0.05) is 19.8 Å². The molecule has 1 saturated heterocycles. The predicted molar refractivity (Wildman–Crippen MR) is 53.5 cm³/mol. The van der Waals surface area contributed by atoms with Crippen molar-refractivity contribution in [2.75, 3.05) is 6.54 Å². The van der Waals surface area contributed by atoms with Crippen LogP contribution in [0.15, 0.2) is 0 Å². The van der Waals surface area contributed by atoms with Gasteiger partial charge < -0.3 is 15.7 Å². The molecule has 0 aromatic rings. The monoisotopic (exact) mass is 212 g/mol. The maximum atomic E-state index is 11.4. The minimum atomic E-state index is -1.11. The first-order chi connectivity index (χ1) is 7.00. The molecule has 2 rings (SSSR count). The number of carboxylic acids is 1. The topological polar surface area (TPSA) is 78.4 Å². The molecule has 0 bridgehead atoms. The Kier molecular flexibility index (Phi) is 2.13. The zero-order valence-electron chi connectivity index (χ0n) is 8.80. The second kappa shape index (κ2) is 3.12. The van der Waals surface area contributed by atoms with E-state index in [0.29, 0.717) is 0 Å². The lowest BCUT2D eigenvalue weighted by molar-refractivity contribution is -0.149. The van der Waals surface area contributed by atoms with E-state index in [4.69, 9.17) is 0 Å². The number of amides is 2. The van der Waals surface area contributed by atoms with E-state index < -0.39 is 11.5 Å². The maximum Gasteiger partial charge on any atom is 0.331 e. The highest BCUT2D eigenvalue weighted by Crippen LogP contribution is 2.47. The average molecular weight is 212 g/mol. The van der Waals surface area contributed by atoms with Gasteiger partial charge in [-0.25, -0.2) is 9.59 Å². The largest absolute Gasteiger partial charge is 0.479 e. The van der Waals surface area contributed by atoms with Crippen LogP contribution < -0.4 is 10.6 Å². The Morgan fingerprint density at radius 1 is 1.40 bits per heavy atom. The summed E-state index contributed by atoms with van der Waals surface area (Å²) in [6, 6.07) is -0.370. The lowest BCUT2D eigenvalue weighted by Gasteiger charge is -2.39. The molecule has 0 aromatic heterocycles. The molecule has 1 atom stereocenters. The number of hydrogen-bond donors (Lipinski definition) is 3. The maximum absolute atomic E-state index is 11.4. The van der Waals surface area contributed by atoms with Crippen molar-refractivity contribution in [3.8, 4) is 0 Å². The van der Waals surface area contributed by atoms with Gasteiger partial charge in [0.15, 0.2) is 5.54 Å². The number of nitrogens with one attached hydrogen (secondary N) is 2. The fourth-order valence-electron chi connectivity index (χ4n) is 2.83. The molecule has 0 radical (unpaired) electrons. The highest BCUT2D eigenvalue weighted by molar-refractivity contribution is 5.91. The lowest BCUT2D eigenvalue weighted by Crippen LogP contribution is -2.61. The summed E-state index contributed by atoms with van der Waals surface area (Å²) in [6.07, 6.45) is 3.81. The van der Waals surface area contributed by atoms with Crippen LogP contribution in [0.25, 0.3) is 0 Å². The molecule has 5 nitrogen and oxygen atoms in total. The van der Waals surface area contributed by atoms with Gasteiger partial charge in [0.2, 0.25) is 0 Å². The molecule has 2 fully saturated rings. The summed E-state index contributed by atoms with van der Waals surface area (Å²) in [7, 11) is 0. The second-order valence-corrected chi connectivity index (χ2v) is 4.79. The summed E-state index contributed by atoms with van der Waals surface area (Å²) in [5.41, 5.74) is -1.43. The number of carbonyl (C=O) groups excluding carboxylic acids is 1. The summed E-state index contributed by atoms with van der Waals surface area (Å²) in [5, 5.41) is 14.5. The molecule has 1 aliphatic heterocycles. The third-order valence-electron chi connectivity index (χ3n) is 3.94. The molecule has 15 heavy (non-hydrogen) atoms. The van der Waals surface area contributed by atoms with E-state index in [2.05, 4.69) is 10.6 Å². The van der Waals surface area contributed by atoms with Gasteiger partial charge in [-0.2, -0.15) is 0 Å². The Morgan fingerprint density at radius 3 is 2.40 bits per heavy atom. The highest BCUT2D eigenvalue weighted by atomic mass is 16.4. The minimum absolute atomic E-state index is 0.192. The summed E-state index contributed by atoms with van der Waals surface area (Å²) in [4.78, 5) is 22.6. The Morgan fingerprint density at radius 2 is 2.00 bits per heavy atom. The van der Waals surface area contributed by atoms with Crippen molar-refractivity contribution < 1.29 is 14.7 Å². The van der Waals surface area contributed by atoms with Crippen molar-refractivity contribution in [3.63, 3.8) is 0 Å². The van der Waals surface area contributed by atoms with E-state index in [-0.39, 0.29) is 18.0 Å².